The number of unbranched alkanes of at least 4 members (excludes halogenated alkanes) is 1. The standard InChI is InChI=1S/C27H37NO/c29-27(28-24-26-22-23-26)21-17-12-10-8-6-4-2-1-3-5-7-9-11-14-18-25-19-15-13-16-20-25/h2-5,8-11,13,15-16,19-20,26H,1,6-7,12,14,17-18,21-24H2,(H,28,29)/b4-2-,5-3-,10-8-,11-9-. The first-order valence-corrected chi connectivity index (χ1v) is 11.2. The Hall–Kier alpha value is -2.35. The van der Waals surface area contributed by atoms with Gasteiger partial charge >= 0.3 is 0 Å². The highest BCUT2D eigenvalue weighted by molar-refractivity contribution is 5.75. The Morgan fingerprint density at radius 2 is 1.41 bits per heavy atom. The lowest BCUT2D eigenvalue weighted by molar-refractivity contribution is -0.121. The summed E-state index contributed by atoms with van der Waals surface area (Å²) in [6, 6.07) is 10.6. The fourth-order valence-electron chi connectivity index (χ4n) is 2.99. The van der Waals surface area contributed by atoms with Crippen molar-refractivity contribution >= 4 is 5.91 Å². The highest BCUT2D eigenvalue weighted by atomic mass is 16.1. The zero-order valence-electron chi connectivity index (χ0n) is 17.8. The van der Waals surface area contributed by atoms with Crippen LogP contribution < -0.4 is 5.32 Å². The number of amides is 1. The molecule has 0 bridgehead atoms. The maximum Gasteiger partial charge on any atom is 0.220 e. The molecule has 2 heteroatoms. The van der Waals surface area contributed by atoms with E-state index in [9.17, 15) is 4.79 Å². The Morgan fingerprint density at radius 1 is 0.828 bits per heavy atom. The summed E-state index contributed by atoms with van der Waals surface area (Å²) in [5, 5.41) is 3.02. The van der Waals surface area contributed by atoms with Crippen LogP contribution >= 0.6 is 0 Å². The summed E-state index contributed by atoms with van der Waals surface area (Å²) in [5.74, 6) is 0.977. The van der Waals surface area contributed by atoms with E-state index >= 15 is 0 Å². The third-order valence-electron chi connectivity index (χ3n) is 4.99. The summed E-state index contributed by atoms with van der Waals surface area (Å²) in [7, 11) is 0. The molecule has 1 amide bonds. The van der Waals surface area contributed by atoms with Gasteiger partial charge in [-0.3, -0.25) is 4.79 Å². The highest BCUT2D eigenvalue weighted by Crippen LogP contribution is 2.27. The Bertz CT molecular complexity index is 665. The predicted octanol–water partition coefficient (Wildman–Crippen LogP) is 6.71. The number of hydrogen-bond donors (Lipinski definition) is 1. The lowest BCUT2D eigenvalue weighted by Crippen LogP contribution is -2.24. The molecule has 1 aliphatic rings. The molecule has 2 rings (SSSR count). The molecule has 1 aliphatic carbocycles. The van der Waals surface area contributed by atoms with Gasteiger partial charge < -0.3 is 5.32 Å². The number of carbonyl (C=O) groups excluding carboxylic acids is 1. The molecule has 0 aromatic heterocycles. The van der Waals surface area contributed by atoms with Crippen LogP contribution in [0, 0.1) is 5.92 Å². The second-order valence-corrected chi connectivity index (χ2v) is 7.76. The summed E-state index contributed by atoms with van der Waals surface area (Å²) < 4.78 is 0. The molecule has 1 N–H and O–H groups in total. The molecule has 1 fully saturated rings. The summed E-state index contributed by atoms with van der Waals surface area (Å²) >= 11 is 0. The summed E-state index contributed by atoms with van der Waals surface area (Å²) in [6.07, 6.45) is 28.1. The molecule has 1 aromatic rings. The summed E-state index contributed by atoms with van der Waals surface area (Å²) in [6.45, 7) is 0.887. The van der Waals surface area contributed by atoms with Crippen LogP contribution in [-0.4, -0.2) is 12.5 Å². The van der Waals surface area contributed by atoms with Gasteiger partial charge in [-0.2, -0.15) is 0 Å². The number of hydrogen-bond acceptors (Lipinski definition) is 1. The van der Waals surface area contributed by atoms with Gasteiger partial charge in [0.25, 0.3) is 0 Å². The van der Waals surface area contributed by atoms with E-state index in [0.717, 1.165) is 57.4 Å². The van der Waals surface area contributed by atoms with Crippen LogP contribution in [0.3, 0.4) is 0 Å². The first kappa shape index (κ1) is 22.9. The van der Waals surface area contributed by atoms with Gasteiger partial charge in [0.2, 0.25) is 5.91 Å². The molecule has 156 valence electrons. The van der Waals surface area contributed by atoms with Crippen molar-refractivity contribution < 1.29 is 4.79 Å². The Balaban J connectivity index is 1.37. The van der Waals surface area contributed by atoms with E-state index in [1.165, 1.54) is 18.4 Å². The molecule has 1 saturated carbocycles. The van der Waals surface area contributed by atoms with Gasteiger partial charge in [0.05, 0.1) is 0 Å². The van der Waals surface area contributed by atoms with Gasteiger partial charge in [-0.05, 0) is 69.3 Å². The third-order valence-corrected chi connectivity index (χ3v) is 4.99. The van der Waals surface area contributed by atoms with Crippen LogP contribution in [0.15, 0.2) is 78.9 Å². The molecule has 0 saturated heterocycles. The molecule has 0 heterocycles. The minimum atomic E-state index is 0.211. The fraction of sp³-hybridized carbons (Fsp3) is 0.444. The van der Waals surface area contributed by atoms with Crippen LogP contribution in [0.5, 0.6) is 0 Å². The van der Waals surface area contributed by atoms with Gasteiger partial charge in [0, 0.05) is 13.0 Å². The smallest absolute Gasteiger partial charge is 0.220 e. The minimum absolute atomic E-state index is 0.211. The molecule has 1 aromatic carbocycles. The largest absolute Gasteiger partial charge is 0.356 e. The van der Waals surface area contributed by atoms with E-state index in [1.54, 1.807) is 0 Å². The van der Waals surface area contributed by atoms with Crippen molar-refractivity contribution in [3.05, 3.63) is 84.5 Å². The second kappa shape index (κ2) is 15.6. The van der Waals surface area contributed by atoms with Crippen molar-refractivity contribution in [3.63, 3.8) is 0 Å². The lowest BCUT2D eigenvalue weighted by atomic mass is 10.1. The van der Waals surface area contributed by atoms with Crippen LogP contribution in [-0.2, 0) is 11.2 Å². The third kappa shape index (κ3) is 13.5. The summed E-state index contributed by atoms with van der Waals surface area (Å²) in [4.78, 5) is 11.6. The van der Waals surface area contributed by atoms with Crippen LogP contribution in [0.25, 0.3) is 0 Å². The molecular weight excluding hydrogens is 354 g/mol. The number of nitrogens with one attached hydrogen (secondary N) is 1. The van der Waals surface area contributed by atoms with Gasteiger partial charge in [-0.1, -0.05) is 78.9 Å². The minimum Gasteiger partial charge on any atom is -0.356 e. The van der Waals surface area contributed by atoms with Crippen molar-refractivity contribution in [1.82, 2.24) is 5.32 Å². The first-order chi connectivity index (χ1) is 14.3. The Morgan fingerprint density at radius 3 is 2.03 bits per heavy atom. The zero-order valence-corrected chi connectivity index (χ0v) is 17.8. The number of rotatable bonds is 15. The first-order valence-electron chi connectivity index (χ1n) is 11.2. The van der Waals surface area contributed by atoms with Gasteiger partial charge in [0.15, 0.2) is 0 Å². The molecule has 0 atom stereocenters. The van der Waals surface area contributed by atoms with E-state index in [-0.39, 0.29) is 5.91 Å². The monoisotopic (exact) mass is 391 g/mol. The van der Waals surface area contributed by atoms with Gasteiger partial charge in [-0.15, -0.1) is 0 Å². The van der Waals surface area contributed by atoms with Crippen molar-refractivity contribution in [3.8, 4) is 0 Å². The molecule has 29 heavy (non-hydrogen) atoms. The SMILES string of the molecule is O=C(CCC/C=C\C/C=C\C/C=C\C/C=C\CCc1ccccc1)NCC1CC1. The number of allylic oxidation sites excluding steroid dienone is 8. The Labute approximate surface area is 177 Å². The highest BCUT2D eigenvalue weighted by Gasteiger charge is 2.21. The molecule has 0 radical (unpaired) electrons. The number of carbonyl (C=O) groups is 1. The van der Waals surface area contributed by atoms with Gasteiger partial charge in [-0.25, -0.2) is 0 Å². The average Bonchev–Trinajstić information content (AvgIpc) is 3.57. The maximum absolute atomic E-state index is 11.6. The van der Waals surface area contributed by atoms with E-state index in [0.29, 0.717) is 6.42 Å². The molecule has 0 spiro atoms. The fourth-order valence-corrected chi connectivity index (χ4v) is 2.99. The average molecular weight is 392 g/mol. The van der Waals surface area contributed by atoms with Crippen molar-refractivity contribution in [1.29, 1.82) is 0 Å². The maximum atomic E-state index is 11.6. The van der Waals surface area contributed by atoms with Crippen LogP contribution in [0.4, 0.5) is 0 Å². The van der Waals surface area contributed by atoms with E-state index in [2.05, 4.69) is 84.3 Å². The van der Waals surface area contributed by atoms with E-state index in [4.69, 9.17) is 0 Å². The van der Waals surface area contributed by atoms with E-state index in [1.807, 2.05) is 0 Å². The van der Waals surface area contributed by atoms with Crippen molar-refractivity contribution in [2.45, 2.75) is 64.2 Å². The number of benzene rings is 1. The Kier molecular flexibility index (Phi) is 12.3. The molecule has 0 aliphatic heterocycles. The molecular formula is C27H37NO. The molecule has 0 unspecified atom stereocenters. The van der Waals surface area contributed by atoms with Crippen molar-refractivity contribution in [2.24, 2.45) is 5.92 Å². The predicted molar refractivity (Wildman–Crippen MR) is 125 cm³/mol. The normalized spacial score (nSPS) is 14.6. The van der Waals surface area contributed by atoms with Crippen LogP contribution in [0.1, 0.15) is 63.4 Å². The zero-order chi connectivity index (χ0) is 20.4. The van der Waals surface area contributed by atoms with Crippen LogP contribution in [0.2, 0.25) is 0 Å². The molecule has 2 nitrogen and oxygen atoms in total. The topological polar surface area (TPSA) is 29.1 Å². The second-order valence-electron chi connectivity index (χ2n) is 7.76. The summed E-state index contributed by atoms with van der Waals surface area (Å²) in [5.41, 5.74) is 1.40. The van der Waals surface area contributed by atoms with Crippen molar-refractivity contribution in [2.75, 3.05) is 6.54 Å². The quantitative estimate of drug-likeness (QED) is 0.261. The lowest BCUT2D eigenvalue weighted by Gasteiger charge is -2.02. The van der Waals surface area contributed by atoms with E-state index < -0.39 is 0 Å². The van der Waals surface area contributed by atoms with Gasteiger partial charge in [0.1, 0.15) is 0 Å². The number of aryl methyl sites for hydroxylation is 1.